The lowest BCUT2D eigenvalue weighted by Crippen LogP contribution is -2.47. The van der Waals surface area contributed by atoms with E-state index in [0.717, 1.165) is 68.6 Å². The van der Waals surface area contributed by atoms with Crippen LogP contribution in [0.2, 0.25) is 0 Å². The number of benzene rings is 3. The zero-order chi connectivity index (χ0) is 33.0. The van der Waals surface area contributed by atoms with Crippen molar-refractivity contribution in [1.82, 2.24) is 9.80 Å². The largest absolute Gasteiger partial charge is 0.507 e. The summed E-state index contributed by atoms with van der Waals surface area (Å²) in [5.41, 5.74) is 5.62. The average Bonchev–Trinajstić information content (AvgIpc) is 3.65. The molecule has 0 bridgehead atoms. The van der Waals surface area contributed by atoms with E-state index in [9.17, 15) is 14.7 Å². The summed E-state index contributed by atoms with van der Waals surface area (Å²) in [5, 5.41) is 10.3. The summed E-state index contributed by atoms with van der Waals surface area (Å²) in [6.07, 6.45) is 6.54. The first-order chi connectivity index (χ1) is 23.5. The second kappa shape index (κ2) is 14.5. The predicted octanol–water partition coefficient (Wildman–Crippen LogP) is 7.03. The first kappa shape index (κ1) is 32.4. The molecule has 3 aliphatic heterocycles. The van der Waals surface area contributed by atoms with Gasteiger partial charge in [0.05, 0.1) is 24.5 Å². The summed E-state index contributed by atoms with van der Waals surface area (Å²) >= 11 is 0. The first-order valence-corrected chi connectivity index (χ1v) is 17.6. The lowest BCUT2D eigenvalue weighted by Gasteiger charge is -2.36. The highest BCUT2D eigenvalue weighted by molar-refractivity contribution is 6.06. The minimum Gasteiger partial charge on any atom is -0.507 e. The molecule has 250 valence electrons. The number of allylic oxidation sites excluding steroid dienone is 1. The number of carbonyl (C=O) groups excluding carboxylic acids is 2. The smallest absolute Gasteiger partial charge is 0.234 e. The third-order valence-corrected chi connectivity index (χ3v) is 10.8. The van der Waals surface area contributed by atoms with Crippen molar-refractivity contribution in [1.29, 1.82) is 0 Å². The van der Waals surface area contributed by atoms with Gasteiger partial charge in [-0.1, -0.05) is 85.3 Å². The summed E-state index contributed by atoms with van der Waals surface area (Å²) in [7, 11) is 0. The summed E-state index contributed by atoms with van der Waals surface area (Å²) in [5.74, 6) is 0.199. The van der Waals surface area contributed by atoms with Gasteiger partial charge in [0.1, 0.15) is 18.1 Å². The van der Waals surface area contributed by atoms with Gasteiger partial charge >= 0.3 is 0 Å². The van der Waals surface area contributed by atoms with E-state index in [1.54, 1.807) is 11.0 Å². The monoisotopic (exact) mass is 646 g/mol. The lowest BCUT2D eigenvalue weighted by atomic mass is 9.69. The van der Waals surface area contributed by atoms with Crippen molar-refractivity contribution < 1.29 is 24.2 Å². The molecule has 0 radical (unpaired) electrons. The Hall–Kier alpha value is -4.20. The zero-order valence-electron chi connectivity index (χ0n) is 27.8. The van der Waals surface area contributed by atoms with Crippen molar-refractivity contribution in [2.75, 3.05) is 26.3 Å². The van der Waals surface area contributed by atoms with E-state index in [0.29, 0.717) is 19.6 Å². The van der Waals surface area contributed by atoms with E-state index in [1.165, 1.54) is 16.7 Å². The second-order valence-corrected chi connectivity index (χ2v) is 13.7. The van der Waals surface area contributed by atoms with Crippen LogP contribution < -0.4 is 4.74 Å². The fourth-order valence-corrected chi connectivity index (χ4v) is 8.35. The lowest BCUT2D eigenvalue weighted by molar-refractivity contribution is -0.144. The van der Waals surface area contributed by atoms with E-state index >= 15 is 0 Å². The molecule has 7 rings (SSSR count). The predicted molar refractivity (Wildman–Crippen MR) is 186 cm³/mol. The number of phenolic OH excluding ortho intramolecular Hbond substituents is 1. The Kier molecular flexibility index (Phi) is 9.78. The number of ether oxygens (including phenoxy) is 2. The maximum absolute atomic E-state index is 14.3. The molecule has 48 heavy (non-hydrogen) atoms. The first-order valence-electron chi connectivity index (χ1n) is 17.6. The molecule has 3 fully saturated rings. The molecule has 0 spiro atoms. The molecule has 0 aromatic heterocycles. The van der Waals surface area contributed by atoms with Crippen LogP contribution in [-0.4, -0.2) is 65.2 Å². The molecule has 4 atom stereocenters. The van der Waals surface area contributed by atoms with Gasteiger partial charge in [0, 0.05) is 37.2 Å². The number of carbonyl (C=O) groups is 2. The van der Waals surface area contributed by atoms with Crippen LogP contribution in [0.3, 0.4) is 0 Å². The van der Waals surface area contributed by atoms with Crippen LogP contribution in [0.15, 0.2) is 102 Å². The van der Waals surface area contributed by atoms with Gasteiger partial charge in [-0.3, -0.25) is 19.4 Å². The molecule has 1 aliphatic carbocycles. The Labute approximate surface area is 283 Å². The minimum atomic E-state index is -0.372. The Bertz CT molecular complexity index is 1660. The number of hydrogen-bond donors (Lipinski definition) is 1. The number of aromatic hydroxyl groups is 1. The van der Waals surface area contributed by atoms with Gasteiger partial charge in [-0.05, 0) is 73.4 Å². The Morgan fingerprint density at radius 3 is 2.35 bits per heavy atom. The average molecular weight is 647 g/mol. The number of hydrogen-bond acceptors (Lipinski definition) is 6. The molecule has 3 aromatic carbocycles. The SMILES string of the molecule is CC/C(=C\c1ccccc1O)CC[C@H]1OC[C@H]2C1=C(COc1ccccc1)C[C@H]1C(=O)N(C3CCN(Cc4ccccc4)CC3)C(=O)[C@H]12. The molecular formula is C41H46N2O5. The number of rotatable bonds is 11. The molecule has 3 aromatic rings. The minimum absolute atomic E-state index is 0.00465. The molecular weight excluding hydrogens is 600 g/mol. The van der Waals surface area contributed by atoms with Crippen molar-refractivity contribution in [3.63, 3.8) is 0 Å². The number of nitrogens with zero attached hydrogens (tertiary/aromatic N) is 2. The molecule has 4 aliphatic rings. The molecule has 7 nitrogen and oxygen atoms in total. The topological polar surface area (TPSA) is 79.3 Å². The fraction of sp³-hybridized carbons (Fsp3) is 0.415. The van der Waals surface area contributed by atoms with Crippen LogP contribution in [0.4, 0.5) is 0 Å². The third kappa shape index (κ3) is 6.71. The van der Waals surface area contributed by atoms with Crippen LogP contribution in [0, 0.1) is 17.8 Å². The van der Waals surface area contributed by atoms with E-state index in [-0.39, 0.29) is 47.5 Å². The number of amides is 2. The highest BCUT2D eigenvalue weighted by atomic mass is 16.5. The van der Waals surface area contributed by atoms with Crippen LogP contribution in [0.1, 0.15) is 56.6 Å². The third-order valence-electron chi connectivity index (χ3n) is 10.8. The molecule has 0 unspecified atom stereocenters. The van der Waals surface area contributed by atoms with Gasteiger partial charge in [0.25, 0.3) is 0 Å². The van der Waals surface area contributed by atoms with Gasteiger partial charge in [-0.2, -0.15) is 0 Å². The normalized spacial score (nSPS) is 25.0. The maximum Gasteiger partial charge on any atom is 0.234 e. The van der Waals surface area contributed by atoms with Crippen LogP contribution in [0.5, 0.6) is 11.5 Å². The molecule has 2 amide bonds. The van der Waals surface area contributed by atoms with Gasteiger partial charge < -0.3 is 14.6 Å². The molecule has 0 saturated carbocycles. The highest BCUT2D eigenvalue weighted by Gasteiger charge is 2.58. The van der Waals surface area contributed by atoms with E-state index < -0.39 is 0 Å². The Morgan fingerprint density at radius 2 is 1.62 bits per heavy atom. The molecule has 1 N–H and O–H groups in total. The quantitative estimate of drug-likeness (QED) is 0.178. The standard InChI is InChI=1S/C41H46N2O5/c1-2-28(23-30-13-9-10-16-36(30)44)17-18-37-38-31(26-47-33-14-7-4-8-15-33)24-34-39(35(38)27-48-37)41(46)43(40(34)45)32-19-21-42(22-20-32)25-29-11-5-3-6-12-29/h3-16,23,32,34-35,37,39,44H,2,17-22,24-27H2,1H3/b28-23+/t34-,35+,37-,39-/m1/s1. The van der Waals surface area contributed by atoms with Gasteiger partial charge in [-0.15, -0.1) is 0 Å². The molecule has 3 saturated heterocycles. The molecule has 7 heteroatoms. The van der Waals surface area contributed by atoms with Crippen molar-refractivity contribution in [3.8, 4) is 11.5 Å². The number of piperidine rings is 1. The van der Waals surface area contributed by atoms with E-state index in [4.69, 9.17) is 9.47 Å². The number of likely N-dealkylation sites (tertiary alicyclic amines) is 2. The second-order valence-electron chi connectivity index (χ2n) is 13.7. The van der Waals surface area contributed by atoms with Crippen LogP contribution in [0.25, 0.3) is 6.08 Å². The number of imide groups is 1. The van der Waals surface area contributed by atoms with Crippen molar-refractivity contribution in [3.05, 3.63) is 113 Å². The Balaban J connectivity index is 1.09. The summed E-state index contributed by atoms with van der Waals surface area (Å²) in [4.78, 5) is 32.5. The number of phenols is 1. The van der Waals surface area contributed by atoms with E-state index in [1.807, 2.05) is 54.6 Å². The Morgan fingerprint density at radius 1 is 0.917 bits per heavy atom. The maximum atomic E-state index is 14.3. The molecule has 3 heterocycles. The van der Waals surface area contributed by atoms with Crippen molar-refractivity contribution in [2.45, 2.75) is 64.1 Å². The summed E-state index contributed by atoms with van der Waals surface area (Å²) < 4.78 is 12.8. The van der Waals surface area contributed by atoms with E-state index in [2.05, 4.69) is 42.2 Å². The number of fused-ring (bicyclic) bond motifs is 3. The van der Waals surface area contributed by atoms with Crippen LogP contribution in [-0.2, 0) is 20.9 Å². The van der Waals surface area contributed by atoms with Gasteiger partial charge in [-0.25, -0.2) is 0 Å². The van der Waals surface area contributed by atoms with Crippen LogP contribution >= 0.6 is 0 Å². The zero-order valence-corrected chi connectivity index (χ0v) is 27.8. The highest BCUT2D eigenvalue weighted by Crippen LogP contribution is 2.50. The fourth-order valence-electron chi connectivity index (χ4n) is 8.35. The van der Waals surface area contributed by atoms with Gasteiger partial charge in [0.15, 0.2) is 0 Å². The summed E-state index contributed by atoms with van der Waals surface area (Å²) in [6, 6.07) is 27.6. The summed E-state index contributed by atoms with van der Waals surface area (Å²) in [6.45, 7) is 5.59. The van der Waals surface area contributed by atoms with Crippen molar-refractivity contribution in [2.24, 2.45) is 17.8 Å². The van der Waals surface area contributed by atoms with Gasteiger partial charge in [0.2, 0.25) is 11.8 Å². The van der Waals surface area contributed by atoms with Crippen molar-refractivity contribution >= 4 is 17.9 Å². The number of para-hydroxylation sites is 2.